The molecule has 0 aliphatic heterocycles. The first-order chi connectivity index (χ1) is 16.4. The van der Waals surface area contributed by atoms with Crippen LogP contribution < -0.4 is 20.1 Å². The van der Waals surface area contributed by atoms with Gasteiger partial charge in [0.15, 0.2) is 0 Å². The third-order valence-corrected chi connectivity index (χ3v) is 5.87. The fraction of sp³-hybridized carbons (Fsp3) is 0.357. The number of para-hydroxylation sites is 1. The van der Waals surface area contributed by atoms with Crippen LogP contribution in [-0.2, 0) is 5.41 Å². The summed E-state index contributed by atoms with van der Waals surface area (Å²) >= 11 is 0. The lowest BCUT2D eigenvalue weighted by atomic mass is 9.86. The van der Waals surface area contributed by atoms with Gasteiger partial charge in [-0.2, -0.15) is 0 Å². The van der Waals surface area contributed by atoms with Gasteiger partial charge in [0.1, 0.15) is 17.2 Å². The van der Waals surface area contributed by atoms with Crippen LogP contribution in [0.2, 0.25) is 0 Å². The predicted octanol–water partition coefficient (Wildman–Crippen LogP) is 7.53. The average Bonchev–Trinajstić information content (AvgIpc) is 2.81. The second-order valence-corrected chi connectivity index (χ2v) is 9.69. The first-order valence-corrected chi connectivity index (χ1v) is 12.0. The molecular weight excluding hydrogens is 426 g/mol. The molecule has 2 amide bonds. The molecule has 0 unspecified atom stereocenters. The Bertz CT molecular complexity index is 1120. The number of benzene rings is 2. The molecule has 1 saturated carbocycles. The van der Waals surface area contributed by atoms with Gasteiger partial charge in [0, 0.05) is 23.5 Å². The molecule has 1 aliphatic carbocycles. The minimum absolute atomic E-state index is 0.0962. The zero-order chi connectivity index (χ0) is 24.0. The average molecular weight is 460 g/mol. The molecule has 6 heteroatoms. The Balaban J connectivity index is 1.43. The maximum Gasteiger partial charge on any atom is 0.323 e. The van der Waals surface area contributed by atoms with Crippen molar-refractivity contribution >= 4 is 17.4 Å². The highest BCUT2D eigenvalue weighted by molar-refractivity contribution is 6.00. The highest BCUT2D eigenvalue weighted by Gasteiger charge is 2.20. The number of nitrogens with one attached hydrogen (secondary N) is 2. The van der Waals surface area contributed by atoms with E-state index in [2.05, 4.69) is 36.4 Å². The summed E-state index contributed by atoms with van der Waals surface area (Å²) in [4.78, 5) is 17.1. The molecule has 1 heterocycles. The van der Waals surface area contributed by atoms with Gasteiger partial charge in [-0.25, -0.2) is 9.78 Å². The van der Waals surface area contributed by atoms with E-state index < -0.39 is 0 Å². The number of amides is 2. The number of rotatable bonds is 6. The highest BCUT2D eigenvalue weighted by atomic mass is 16.5. The van der Waals surface area contributed by atoms with Crippen LogP contribution in [0.4, 0.5) is 16.2 Å². The standard InChI is InChI=1S/C28H33N3O3/c1-28(2,3)23-15-7-8-17-25(23)34-26-24(16-10-18-29-26)31-27(32)30-20-11-9-14-22(19-20)33-21-12-5-4-6-13-21/h7-11,14-19,21H,4-6,12-13H2,1-3H3,(H2,30,31,32). The topological polar surface area (TPSA) is 72.5 Å². The number of carbonyl (C=O) groups excluding carboxylic acids is 1. The van der Waals surface area contributed by atoms with Crippen LogP contribution in [0.3, 0.4) is 0 Å². The summed E-state index contributed by atoms with van der Waals surface area (Å²) in [5.74, 6) is 1.82. The third kappa shape index (κ3) is 6.28. The fourth-order valence-electron chi connectivity index (χ4n) is 4.15. The number of hydrogen-bond donors (Lipinski definition) is 2. The Labute approximate surface area is 201 Å². The lowest BCUT2D eigenvalue weighted by Crippen LogP contribution is -2.21. The Morgan fingerprint density at radius 2 is 1.74 bits per heavy atom. The van der Waals surface area contributed by atoms with Gasteiger partial charge in [-0.1, -0.05) is 51.5 Å². The molecule has 6 nitrogen and oxygen atoms in total. The summed E-state index contributed by atoms with van der Waals surface area (Å²) in [6, 6.07) is 18.5. The van der Waals surface area contributed by atoms with Crippen molar-refractivity contribution in [1.82, 2.24) is 4.98 Å². The maximum absolute atomic E-state index is 12.8. The molecule has 1 aromatic heterocycles. The minimum Gasteiger partial charge on any atom is -0.490 e. The highest BCUT2D eigenvalue weighted by Crippen LogP contribution is 2.35. The van der Waals surface area contributed by atoms with Crippen molar-refractivity contribution in [3.8, 4) is 17.4 Å². The van der Waals surface area contributed by atoms with Crippen molar-refractivity contribution < 1.29 is 14.3 Å². The first kappa shape index (κ1) is 23.6. The van der Waals surface area contributed by atoms with E-state index in [1.807, 2.05) is 48.5 Å². The van der Waals surface area contributed by atoms with E-state index in [9.17, 15) is 4.79 Å². The van der Waals surface area contributed by atoms with Gasteiger partial charge in [0.25, 0.3) is 0 Å². The van der Waals surface area contributed by atoms with E-state index in [-0.39, 0.29) is 17.6 Å². The summed E-state index contributed by atoms with van der Waals surface area (Å²) in [7, 11) is 0. The zero-order valence-electron chi connectivity index (χ0n) is 20.1. The third-order valence-electron chi connectivity index (χ3n) is 5.87. The van der Waals surface area contributed by atoms with Gasteiger partial charge < -0.3 is 20.1 Å². The van der Waals surface area contributed by atoms with Crippen molar-refractivity contribution in [1.29, 1.82) is 0 Å². The van der Waals surface area contributed by atoms with Crippen LogP contribution in [0.5, 0.6) is 17.4 Å². The number of aromatic nitrogens is 1. The van der Waals surface area contributed by atoms with Crippen LogP contribution in [0, 0.1) is 0 Å². The monoisotopic (exact) mass is 459 g/mol. The van der Waals surface area contributed by atoms with Crippen molar-refractivity contribution in [2.24, 2.45) is 0 Å². The quantitative estimate of drug-likeness (QED) is 0.400. The Hall–Kier alpha value is -3.54. The number of nitrogens with zero attached hydrogens (tertiary/aromatic N) is 1. The lowest BCUT2D eigenvalue weighted by Gasteiger charge is -2.23. The van der Waals surface area contributed by atoms with E-state index in [4.69, 9.17) is 9.47 Å². The molecule has 4 rings (SSSR count). The molecule has 0 radical (unpaired) electrons. The van der Waals surface area contributed by atoms with Crippen LogP contribution in [0.15, 0.2) is 66.9 Å². The SMILES string of the molecule is CC(C)(C)c1ccccc1Oc1ncccc1NC(=O)Nc1cccc(OC2CCCCC2)c1. The van der Waals surface area contributed by atoms with E-state index in [0.717, 1.165) is 24.2 Å². The molecule has 3 aromatic rings. The Morgan fingerprint density at radius 3 is 2.53 bits per heavy atom. The van der Waals surface area contributed by atoms with Crippen LogP contribution in [0.1, 0.15) is 58.4 Å². The molecule has 34 heavy (non-hydrogen) atoms. The van der Waals surface area contributed by atoms with Gasteiger partial charge in [0.2, 0.25) is 5.88 Å². The molecular formula is C28H33N3O3. The van der Waals surface area contributed by atoms with Crippen molar-refractivity contribution in [3.05, 3.63) is 72.4 Å². The molecule has 0 spiro atoms. The number of ether oxygens (including phenoxy) is 2. The van der Waals surface area contributed by atoms with Crippen molar-refractivity contribution in [2.75, 3.05) is 10.6 Å². The fourth-order valence-corrected chi connectivity index (χ4v) is 4.15. The first-order valence-electron chi connectivity index (χ1n) is 12.0. The summed E-state index contributed by atoms with van der Waals surface area (Å²) in [6.45, 7) is 6.39. The number of urea groups is 1. The molecule has 0 bridgehead atoms. The smallest absolute Gasteiger partial charge is 0.323 e. The summed E-state index contributed by atoms with van der Waals surface area (Å²) in [5.41, 5.74) is 2.11. The van der Waals surface area contributed by atoms with Crippen LogP contribution in [-0.4, -0.2) is 17.1 Å². The molecule has 1 fully saturated rings. The van der Waals surface area contributed by atoms with Crippen LogP contribution in [0.25, 0.3) is 0 Å². The molecule has 178 valence electrons. The van der Waals surface area contributed by atoms with Gasteiger partial charge >= 0.3 is 6.03 Å². The second kappa shape index (κ2) is 10.6. The Kier molecular flexibility index (Phi) is 7.36. The van der Waals surface area contributed by atoms with E-state index in [1.165, 1.54) is 19.3 Å². The van der Waals surface area contributed by atoms with Crippen molar-refractivity contribution in [2.45, 2.75) is 64.4 Å². The molecule has 2 aromatic carbocycles. The number of hydrogen-bond acceptors (Lipinski definition) is 4. The summed E-state index contributed by atoms with van der Waals surface area (Å²) in [6.07, 6.45) is 7.76. The largest absolute Gasteiger partial charge is 0.490 e. The van der Waals surface area contributed by atoms with E-state index >= 15 is 0 Å². The van der Waals surface area contributed by atoms with E-state index in [0.29, 0.717) is 23.0 Å². The Morgan fingerprint density at radius 1 is 0.941 bits per heavy atom. The number of anilines is 2. The van der Waals surface area contributed by atoms with Crippen molar-refractivity contribution in [3.63, 3.8) is 0 Å². The maximum atomic E-state index is 12.8. The molecule has 0 atom stereocenters. The number of pyridine rings is 1. The van der Waals surface area contributed by atoms with Gasteiger partial charge in [-0.05, 0) is 61.4 Å². The molecule has 0 saturated heterocycles. The van der Waals surface area contributed by atoms with Crippen LogP contribution >= 0.6 is 0 Å². The molecule has 2 N–H and O–H groups in total. The summed E-state index contributed by atoms with van der Waals surface area (Å²) < 4.78 is 12.3. The number of carbonyl (C=O) groups is 1. The normalized spacial score (nSPS) is 14.3. The summed E-state index contributed by atoms with van der Waals surface area (Å²) in [5, 5.41) is 5.74. The van der Waals surface area contributed by atoms with Gasteiger partial charge in [-0.3, -0.25) is 0 Å². The molecule has 1 aliphatic rings. The lowest BCUT2D eigenvalue weighted by molar-refractivity contribution is 0.155. The predicted molar refractivity (Wildman–Crippen MR) is 136 cm³/mol. The van der Waals surface area contributed by atoms with Gasteiger partial charge in [-0.15, -0.1) is 0 Å². The van der Waals surface area contributed by atoms with Gasteiger partial charge in [0.05, 0.1) is 6.10 Å². The zero-order valence-corrected chi connectivity index (χ0v) is 20.1. The minimum atomic E-state index is -0.378. The second-order valence-electron chi connectivity index (χ2n) is 9.69. The van der Waals surface area contributed by atoms with E-state index in [1.54, 1.807) is 18.3 Å².